The standard InChI is InChI=1S/C14H17NO4/c1-3-19-13(17)7-12(16)14(18)11-6-4-5-10(8-15)9(11)2/h4-6,12,14,16,18H,3,7H2,1-2H3. The predicted octanol–water partition coefficient (Wildman–Crippen LogP) is 1.21. The van der Waals surface area contributed by atoms with Crippen molar-refractivity contribution in [3.05, 3.63) is 34.9 Å². The van der Waals surface area contributed by atoms with Crippen LogP contribution in [0.1, 0.15) is 36.1 Å². The average Bonchev–Trinajstić information content (AvgIpc) is 2.38. The fraction of sp³-hybridized carbons (Fsp3) is 0.429. The van der Waals surface area contributed by atoms with E-state index in [0.29, 0.717) is 16.7 Å². The fourth-order valence-corrected chi connectivity index (χ4v) is 1.80. The van der Waals surface area contributed by atoms with E-state index in [1.54, 1.807) is 32.0 Å². The maximum absolute atomic E-state index is 11.3. The number of aliphatic hydroxyl groups is 2. The zero-order valence-corrected chi connectivity index (χ0v) is 11.0. The van der Waals surface area contributed by atoms with E-state index in [4.69, 9.17) is 10.00 Å². The SMILES string of the molecule is CCOC(=O)CC(O)C(O)c1cccc(C#N)c1C. The second-order valence-electron chi connectivity index (χ2n) is 4.15. The highest BCUT2D eigenvalue weighted by atomic mass is 16.5. The summed E-state index contributed by atoms with van der Waals surface area (Å²) >= 11 is 0. The Bertz CT molecular complexity index is 493. The number of rotatable bonds is 5. The third-order valence-corrected chi connectivity index (χ3v) is 2.86. The van der Waals surface area contributed by atoms with Crippen molar-refractivity contribution in [2.24, 2.45) is 0 Å². The monoisotopic (exact) mass is 263 g/mol. The minimum absolute atomic E-state index is 0.227. The molecule has 19 heavy (non-hydrogen) atoms. The molecule has 0 aliphatic heterocycles. The number of esters is 1. The Labute approximate surface area is 112 Å². The van der Waals surface area contributed by atoms with E-state index in [-0.39, 0.29) is 13.0 Å². The van der Waals surface area contributed by atoms with Gasteiger partial charge in [0.25, 0.3) is 0 Å². The number of carbonyl (C=O) groups is 1. The minimum atomic E-state index is -1.26. The second kappa shape index (κ2) is 6.88. The molecule has 0 aliphatic carbocycles. The Morgan fingerprint density at radius 2 is 2.16 bits per heavy atom. The molecule has 0 saturated carbocycles. The maximum atomic E-state index is 11.3. The Morgan fingerprint density at radius 1 is 1.47 bits per heavy atom. The fourth-order valence-electron chi connectivity index (χ4n) is 1.80. The number of hydrogen-bond acceptors (Lipinski definition) is 5. The first-order valence-electron chi connectivity index (χ1n) is 6.02. The maximum Gasteiger partial charge on any atom is 0.308 e. The molecule has 0 aliphatic rings. The number of benzene rings is 1. The van der Waals surface area contributed by atoms with E-state index >= 15 is 0 Å². The summed E-state index contributed by atoms with van der Waals surface area (Å²) in [5.74, 6) is -0.567. The summed E-state index contributed by atoms with van der Waals surface area (Å²) < 4.78 is 4.71. The molecule has 2 atom stereocenters. The number of carbonyl (C=O) groups excluding carboxylic acids is 1. The first-order chi connectivity index (χ1) is 9.01. The number of hydrogen-bond donors (Lipinski definition) is 2. The Morgan fingerprint density at radius 3 is 2.74 bits per heavy atom. The lowest BCUT2D eigenvalue weighted by molar-refractivity contribution is -0.147. The van der Waals surface area contributed by atoms with Crippen LogP contribution in [-0.2, 0) is 9.53 Å². The molecular formula is C14H17NO4. The molecule has 0 amide bonds. The summed E-state index contributed by atoms with van der Waals surface area (Å²) in [4.78, 5) is 11.3. The summed E-state index contributed by atoms with van der Waals surface area (Å²) in [7, 11) is 0. The zero-order valence-electron chi connectivity index (χ0n) is 11.0. The Kier molecular flexibility index (Phi) is 5.49. The quantitative estimate of drug-likeness (QED) is 0.779. The van der Waals surface area contributed by atoms with Gasteiger partial charge < -0.3 is 14.9 Å². The van der Waals surface area contributed by atoms with Crippen LogP contribution in [0.15, 0.2) is 18.2 Å². The van der Waals surface area contributed by atoms with Crippen LogP contribution in [0.2, 0.25) is 0 Å². The van der Waals surface area contributed by atoms with Gasteiger partial charge >= 0.3 is 5.97 Å². The van der Waals surface area contributed by atoms with Crippen molar-refractivity contribution in [1.29, 1.82) is 5.26 Å². The topological polar surface area (TPSA) is 90.6 Å². The van der Waals surface area contributed by atoms with Crippen molar-refractivity contribution in [2.45, 2.75) is 32.5 Å². The van der Waals surface area contributed by atoms with Gasteiger partial charge in [-0.15, -0.1) is 0 Å². The molecule has 0 fully saturated rings. The third-order valence-electron chi connectivity index (χ3n) is 2.86. The zero-order chi connectivity index (χ0) is 14.4. The molecule has 5 heteroatoms. The molecule has 0 aromatic heterocycles. The molecule has 102 valence electrons. The van der Waals surface area contributed by atoms with E-state index in [1.165, 1.54) is 0 Å². The van der Waals surface area contributed by atoms with Crippen molar-refractivity contribution < 1.29 is 19.7 Å². The normalized spacial score (nSPS) is 13.4. The molecule has 0 saturated heterocycles. The van der Waals surface area contributed by atoms with Crippen molar-refractivity contribution in [3.63, 3.8) is 0 Å². The van der Waals surface area contributed by atoms with Crippen LogP contribution in [0, 0.1) is 18.3 Å². The molecule has 2 unspecified atom stereocenters. The van der Waals surface area contributed by atoms with Gasteiger partial charge in [0.15, 0.2) is 0 Å². The van der Waals surface area contributed by atoms with Crippen molar-refractivity contribution in [3.8, 4) is 6.07 Å². The molecule has 0 bridgehead atoms. The molecule has 5 nitrogen and oxygen atoms in total. The van der Waals surface area contributed by atoms with Crippen molar-refractivity contribution >= 4 is 5.97 Å². The largest absolute Gasteiger partial charge is 0.466 e. The summed E-state index contributed by atoms with van der Waals surface area (Å²) in [6, 6.07) is 6.88. The third kappa shape index (κ3) is 3.78. The van der Waals surface area contributed by atoms with Crippen LogP contribution in [0.25, 0.3) is 0 Å². The Balaban J connectivity index is 2.86. The lowest BCUT2D eigenvalue weighted by Crippen LogP contribution is -2.23. The summed E-state index contributed by atoms with van der Waals surface area (Å²) in [5, 5.41) is 28.8. The first kappa shape index (κ1) is 15.2. The highest BCUT2D eigenvalue weighted by Gasteiger charge is 2.24. The average molecular weight is 263 g/mol. The Hall–Kier alpha value is -1.90. The number of aliphatic hydroxyl groups excluding tert-OH is 2. The highest BCUT2D eigenvalue weighted by molar-refractivity contribution is 5.70. The van der Waals surface area contributed by atoms with E-state index in [1.807, 2.05) is 6.07 Å². The van der Waals surface area contributed by atoms with Gasteiger partial charge in [0.1, 0.15) is 6.10 Å². The van der Waals surface area contributed by atoms with Gasteiger partial charge in [-0.3, -0.25) is 4.79 Å². The molecule has 0 spiro atoms. The van der Waals surface area contributed by atoms with Gasteiger partial charge in [-0.25, -0.2) is 0 Å². The van der Waals surface area contributed by atoms with Crippen molar-refractivity contribution in [1.82, 2.24) is 0 Å². The minimum Gasteiger partial charge on any atom is -0.466 e. The van der Waals surface area contributed by atoms with E-state index in [0.717, 1.165) is 0 Å². The van der Waals surface area contributed by atoms with Crippen LogP contribution in [-0.4, -0.2) is 28.9 Å². The smallest absolute Gasteiger partial charge is 0.308 e. The molecule has 2 N–H and O–H groups in total. The summed E-state index contributed by atoms with van der Waals surface area (Å²) in [5.41, 5.74) is 1.47. The number of nitrogens with zero attached hydrogens (tertiary/aromatic N) is 1. The van der Waals surface area contributed by atoms with Gasteiger partial charge in [0, 0.05) is 0 Å². The van der Waals surface area contributed by atoms with Crippen molar-refractivity contribution in [2.75, 3.05) is 6.61 Å². The second-order valence-corrected chi connectivity index (χ2v) is 4.15. The van der Waals surface area contributed by atoms with Crippen LogP contribution < -0.4 is 0 Å². The molecule has 0 heterocycles. The molecule has 0 radical (unpaired) electrons. The lowest BCUT2D eigenvalue weighted by atomic mass is 9.95. The van der Waals surface area contributed by atoms with Crippen LogP contribution >= 0.6 is 0 Å². The molecular weight excluding hydrogens is 246 g/mol. The predicted molar refractivity (Wildman–Crippen MR) is 68.1 cm³/mol. The van der Waals surface area contributed by atoms with E-state index in [2.05, 4.69) is 0 Å². The lowest BCUT2D eigenvalue weighted by Gasteiger charge is -2.19. The molecule has 1 aromatic rings. The van der Waals surface area contributed by atoms with Gasteiger partial charge in [-0.05, 0) is 31.0 Å². The van der Waals surface area contributed by atoms with Crippen LogP contribution in [0.5, 0.6) is 0 Å². The number of ether oxygens (including phenoxy) is 1. The number of nitriles is 1. The van der Waals surface area contributed by atoms with Gasteiger partial charge in [-0.1, -0.05) is 12.1 Å². The van der Waals surface area contributed by atoms with E-state index < -0.39 is 18.2 Å². The van der Waals surface area contributed by atoms with Gasteiger partial charge in [0.2, 0.25) is 0 Å². The highest BCUT2D eigenvalue weighted by Crippen LogP contribution is 2.24. The van der Waals surface area contributed by atoms with E-state index in [9.17, 15) is 15.0 Å². The van der Waals surface area contributed by atoms with Crippen LogP contribution in [0.3, 0.4) is 0 Å². The molecule has 1 aromatic carbocycles. The summed E-state index contributed by atoms with van der Waals surface area (Å²) in [6.45, 7) is 3.58. The summed E-state index contributed by atoms with van der Waals surface area (Å²) in [6.07, 6.45) is -2.77. The molecule has 1 rings (SSSR count). The van der Waals surface area contributed by atoms with Crippen LogP contribution in [0.4, 0.5) is 0 Å². The van der Waals surface area contributed by atoms with Gasteiger partial charge in [0.05, 0.1) is 30.8 Å². The first-order valence-corrected chi connectivity index (χ1v) is 6.02. The van der Waals surface area contributed by atoms with Gasteiger partial charge in [-0.2, -0.15) is 5.26 Å².